The molecule has 3 atom stereocenters. The van der Waals surface area contributed by atoms with Gasteiger partial charge in [-0.15, -0.1) is 11.3 Å². The van der Waals surface area contributed by atoms with Crippen LogP contribution in [-0.2, 0) is 0 Å². The van der Waals surface area contributed by atoms with Gasteiger partial charge in [-0.2, -0.15) is 13.2 Å². The number of fused-ring (bicyclic) bond motifs is 3. The van der Waals surface area contributed by atoms with E-state index in [9.17, 15) is 22.8 Å². The lowest BCUT2D eigenvalue weighted by Crippen LogP contribution is -2.47. The van der Waals surface area contributed by atoms with Crippen molar-refractivity contribution in [1.82, 2.24) is 15.2 Å². The highest BCUT2D eigenvalue weighted by atomic mass is 32.1. The predicted molar refractivity (Wildman–Crippen MR) is 90.4 cm³/mol. The third-order valence-corrected chi connectivity index (χ3v) is 6.01. The summed E-state index contributed by atoms with van der Waals surface area (Å²) in [7, 11) is 0. The number of ketones is 1. The first-order chi connectivity index (χ1) is 12.3. The van der Waals surface area contributed by atoms with E-state index in [1.807, 2.05) is 0 Å². The van der Waals surface area contributed by atoms with Crippen molar-refractivity contribution in [3.05, 3.63) is 28.9 Å². The van der Waals surface area contributed by atoms with Crippen LogP contribution in [-0.4, -0.2) is 53.4 Å². The number of alkyl halides is 3. The Hall–Kier alpha value is -2.00. The van der Waals surface area contributed by atoms with E-state index in [-0.39, 0.29) is 17.1 Å². The van der Waals surface area contributed by atoms with Crippen LogP contribution in [0.2, 0.25) is 0 Å². The Morgan fingerprint density at radius 1 is 1.31 bits per heavy atom. The molecule has 2 aliphatic heterocycles. The number of thiophene rings is 1. The number of carbonyl (C=O) groups excluding carboxylic acids is 2. The SMILES string of the molecule is O=C(N[C@@H]1C[C@H]2CCN(C2)C1)c1nccc2c(C(=O)C(F)(F)F)csc12. The van der Waals surface area contributed by atoms with Crippen LogP contribution in [0.5, 0.6) is 0 Å². The topological polar surface area (TPSA) is 62.3 Å². The molecular weight excluding hydrogens is 367 g/mol. The Balaban J connectivity index is 1.59. The van der Waals surface area contributed by atoms with E-state index in [4.69, 9.17) is 0 Å². The van der Waals surface area contributed by atoms with Gasteiger partial charge < -0.3 is 10.2 Å². The van der Waals surface area contributed by atoms with Crippen LogP contribution >= 0.6 is 11.3 Å². The zero-order valence-corrected chi connectivity index (χ0v) is 14.5. The van der Waals surface area contributed by atoms with E-state index in [2.05, 4.69) is 15.2 Å². The monoisotopic (exact) mass is 383 g/mol. The number of nitrogens with zero attached hydrogens (tertiary/aromatic N) is 2. The van der Waals surface area contributed by atoms with Crippen LogP contribution in [0.1, 0.15) is 33.7 Å². The Kier molecular flexibility index (Phi) is 4.23. The maximum atomic E-state index is 12.7. The first kappa shape index (κ1) is 17.4. The highest BCUT2D eigenvalue weighted by Crippen LogP contribution is 2.33. The number of carbonyl (C=O) groups is 2. The zero-order chi connectivity index (χ0) is 18.5. The summed E-state index contributed by atoms with van der Waals surface area (Å²) < 4.78 is 38.5. The van der Waals surface area contributed by atoms with E-state index in [0.29, 0.717) is 10.6 Å². The average Bonchev–Trinajstić information content (AvgIpc) is 3.16. The largest absolute Gasteiger partial charge is 0.454 e. The van der Waals surface area contributed by atoms with Gasteiger partial charge in [-0.25, -0.2) is 4.98 Å². The van der Waals surface area contributed by atoms with E-state index < -0.39 is 23.4 Å². The fraction of sp³-hybridized carbons (Fsp3) is 0.471. The van der Waals surface area contributed by atoms with Crippen molar-refractivity contribution in [2.24, 2.45) is 5.92 Å². The van der Waals surface area contributed by atoms with Crippen molar-refractivity contribution in [3.8, 4) is 0 Å². The second kappa shape index (κ2) is 6.31. The minimum absolute atomic E-state index is 0.0112. The van der Waals surface area contributed by atoms with Crippen molar-refractivity contribution in [3.63, 3.8) is 0 Å². The number of rotatable bonds is 3. The van der Waals surface area contributed by atoms with E-state index in [1.54, 1.807) is 0 Å². The van der Waals surface area contributed by atoms with E-state index in [1.165, 1.54) is 12.3 Å². The van der Waals surface area contributed by atoms with Crippen molar-refractivity contribution in [1.29, 1.82) is 0 Å². The molecule has 26 heavy (non-hydrogen) atoms. The second-order valence-corrected chi connectivity index (χ2v) is 7.71. The molecule has 0 spiro atoms. The van der Waals surface area contributed by atoms with Gasteiger partial charge in [0.15, 0.2) is 0 Å². The van der Waals surface area contributed by atoms with Crippen LogP contribution in [0, 0.1) is 5.92 Å². The maximum absolute atomic E-state index is 12.7. The lowest BCUT2D eigenvalue weighted by Gasteiger charge is -2.30. The summed E-state index contributed by atoms with van der Waals surface area (Å²) in [6.07, 6.45) is -1.64. The third-order valence-electron chi connectivity index (χ3n) is 5.01. The molecule has 4 heterocycles. The molecule has 2 bridgehead atoms. The molecule has 2 aliphatic rings. The number of nitrogens with one attached hydrogen (secondary N) is 1. The van der Waals surface area contributed by atoms with Gasteiger partial charge in [-0.05, 0) is 31.4 Å². The van der Waals surface area contributed by atoms with Gasteiger partial charge in [0.1, 0.15) is 5.69 Å². The second-order valence-electron chi connectivity index (χ2n) is 6.83. The number of amides is 1. The van der Waals surface area contributed by atoms with Gasteiger partial charge in [-0.1, -0.05) is 0 Å². The number of hydrogen-bond donors (Lipinski definition) is 1. The maximum Gasteiger partial charge on any atom is 0.454 e. The van der Waals surface area contributed by atoms with Gasteiger partial charge in [0, 0.05) is 41.7 Å². The van der Waals surface area contributed by atoms with Crippen molar-refractivity contribution >= 4 is 33.1 Å². The van der Waals surface area contributed by atoms with Crippen LogP contribution in [0.15, 0.2) is 17.6 Å². The van der Waals surface area contributed by atoms with Gasteiger partial charge in [0.05, 0.1) is 4.70 Å². The predicted octanol–water partition coefficient (Wildman–Crippen LogP) is 2.87. The summed E-state index contributed by atoms with van der Waals surface area (Å²) in [6.45, 7) is 2.88. The van der Waals surface area contributed by atoms with Gasteiger partial charge in [0.2, 0.25) is 0 Å². The molecule has 1 unspecified atom stereocenters. The summed E-state index contributed by atoms with van der Waals surface area (Å²) in [5, 5.41) is 4.21. The fourth-order valence-corrected chi connectivity index (χ4v) is 4.90. The molecule has 2 aromatic rings. The Bertz CT molecular complexity index is 868. The van der Waals surface area contributed by atoms with E-state index >= 15 is 0 Å². The standard InChI is InChI=1S/C17H16F3N3O2S/c18-17(19,20)15(24)12-8-26-14-11(12)1-3-21-13(14)16(25)22-10-5-9-2-4-23(6-9)7-10/h1,3,8-10H,2,4-7H2,(H,22,25)/t9-,10-/m1/s1. The molecule has 0 saturated carbocycles. The average molecular weight is 383 g/mol. The van der Waals surface area contributed by atoms with Crippen LogP contribution in [0.3, 0.4) is 0 Å². The van der Waals surface area contributed by atoms with Crippen LogP contribution < -0.4 is 5.32 Å². The highest BCUT2D eigenvalue weighted by molar-refractivity contribution is 7.18. The van der Waals surface area contributed by atoms with Gasteiger partial charge in [0.25, 0.3) is 11.7 Å². The summed E-state index contributed by atoms with van der Waals surface area (Å²) in [6, 6.07) is 1.35. The molecule has 1 amide bonds. The molecule has 2 saturated heterocycles. The molecule has 5 nitrogen and oxygen atoms in total. The summed E-state index contributed by atoms with van der Waals surface area (Å²) in [5.41, 5.74) is -0.364. The molecule has 2 aromatic heterocycles. The minimum atomic E-state index is -4.95. The van der Waals surface area contributed by atoms with Crippen LogP contribution in [0.4, 0.5) is 13.2 Å². The van der Waals surface area contributed by atoms with Crippen LogP contribution in [0.25, 0.3) is 10.1 Å². The number of Topliss-reactive ketones (excluding diaryl/α,β-unsaturated/α-hetero) is 1. The summed E-state index contributed by atoms with van der Waals surface area (Å²) in [5.74, 6) is -1.73. The smallest absolute Gasteiger partial charge is 0.347 e. The number of pyridine rings is 1. The molecule has 138 valence electrons. The number of aromatic nitrogens is 1. The molecule has 0 aromatic carbocycles. The number of hydrogen-bond acceptors (Lipinski definition) is 5. The molecule has 2 fully saturated rings. The number of halogens is 3. The minimum Gasteiger partial charge on any atom is -0.347 e. The molecule has 4 rings (SSSR count). The van der Waals surface area contributed by atoms with E-state index in [0.717, 1.165) is 49.2 Å². The summed E-state index contributed by atoms with van der Waals surface area (Å²) in [4.78, 5) is 30.6. The zero-order valence-electron chi connectivity index (χ0n) is 13.7. The molecule has 1 N–H and O–H groups in total. The van der Waals surface area contributed by atoms with Crippen molar-refractivity contribution in [2.75, 3.05) is 19.6 Å². The first-order valence-corrected chi connectivity index (χ1v) is 9.22. The summed E-state index contributed by atoms with van der Waals surface area (Å²) >= 11 is 0.934. The van der Waals surface area contributed by atoms with Gasteiger partial charge >= 0.3 is 6.18 Å². The Labute approximate surface area is 151 Å². The Morgan fingerprint density at radius 3 is 2.85 bits per heavy atom. The quantitative estimate of drug-likeness (QED) is 0.828. The molecular formula is C17H16F3N3O2S. The van der Waals surface area contributed by atoms with Gasteiger partial charge in [-0.3, -0.25) is 9.59 Å². The number of piperidine rings is 1. The lowest BCUT2D eigenvalue weighted by molar-refractivity contribution is -0.0883. The first-order valence-electron chi connectivity index (χ1n) is 8.34. The molecule has 0 aliphatic carbocycles. The third kappa shape index (κ3) is 3.09. The highest BCUT2D eigenvalue weighted by Gasteiger charge is 2.41. The van der Waals surface area contributed by atoms with Crippen molar-refractivity contribution in [2.45, 2.75) is 25.1 Å². The molecule has 9 heteroatoms. The molecule has 0 radical (unpaired) electrons. The lowest BCUT2D eigenvalue weighted by atomic mass is 9.97. The Morgan fingerprint density at radius 2 is 2.12 bits per heavy atom. The fourth-order valence-electron chi connectivity index (χ4n) is 3.87. The normalized spacial score (nSPS) is 25.4. The van der Waals surface area contributed by atoms with Crippen molar-refractivity contribution < 1.29 is 22.8 Å².